The van der Waals surface area contributed by atoms with Crippen LogP contribution in [0.2, 0.25) is 0 Å². The Hall–Kier alpha value is -1.23. The molecule has 21 heavy (non-hydrogen) atoms. The summed E-state index contributed by atoms with van der Waals surface area (Å²) >= 11 is 1.66. The molecule has 1 N–H and O–H groups in total. The minimum Gasteiger partial charge on any atom is -0.316 e. The molecule has 2 rings (SSSR count). The van der Waals surface area contributed by atoms with E-state index in [1.807, 2.05) is 5.51 Å². The van der Waals surface area contributed by atoms with E-state index in [2.05, 4.69) is 58.8 Å². The summed E-state index contributed by atoms with van der Waals surface area (Å²) in [6.07, 6.45) is 2.29. The first-order valence-electron chi connectivity index (χ1n) is 7.62. The first-order valence-corrected chi connectivity index (χ1v) is 8.57. The molecule has 114 valence electrons. The molecule has 0 saturated carbocycles. The summed E-state index contributed by atoms with van der Waals surface area (Å²) in [5.41, 5.74) is 5.93. The van der Waals surface area contributed by atoms with Crippen molar-refractivity contribution in [3.63, 3.8) is 0 Å². The average molecular weight is 303 g/mol. The zero-order valence-corrected chi connectivity index (χ0v) is 13.8. The van der Waals surface area contributed by atoms with Crippen molar-refractivity contribution in [2.24, 2.45) is 0 Å². The van der Waals surface area contributed by atoms with Crippen molar-refractivity contribution in [1.29, 1.82) is 0 Å². The van der Waals surface area contributed by atoms with E-state index in [0.717, 1.165) is 38.3 Å². The molecule has 2 aromatic rings. The molecule has 0 fully saturated rings. The lowest BCUT2D eigenvalue weighted by atomic mass is 10.0. The molecule has 0 aliphatic heterocycles. The van der Waals surface area contributed by atoms with E-state index < -0.39 is 0 Å². The van der Waals surface area contributed by atoms with Crippen LogP contribution in [0.15, 0.2) is 35.2 Å². The summed E-state index contributed by atoms with van der Waals surface area (Å²) in [6.45, 7) is 6.24. The van der Waals surface area contributed by atoms with Crippen molar-refractivity contribution in [1.82, 2.24) is 15.2 Å². The van der Waals surface area contributed by atoms with Gasteiger partial charge in [-0.05, 0) is 44.1 Å². The minimum atomic E-state index is 0.909. The van der Waals surface area contributed by atoms with Gasteiger partial charge in [-0.2, -0.15) is 0 Å². The van der Waals surface area contributed by atoms with Gasteiger partial charge in [-0.3, -0.25) is 4.90 Å². The Balaban J connectivity index is 1.89. The number of rotatable bonds is 9. The zero-order chi connectivity index (χ0) is 14.9. The number of aromatic nitrogens is 1. The number of benzene rings is 1. The van der Waals surface area contributed by atoms with Gasteiger partial charge in [0.2, 0.25) is 0 Å². The van der Waals surface area contributed by atoms with Crippen LogP contribution in [-0.2, 0) is 19.5 Å². The third-order valence-corrected chi connectivity index (χ3v) is 4.11. The van der Waals surface area contributed by atoms with Crippen LogP contribution >= 0.6 is 11.3 Å². The topological polar surface area (TPSA) is 28.2 Å². The fourth-order valence-electron chi connectivity index (χ4n) is 2.42. The molecule has 0 spiro atoms. The smallest absolute Gasteiger partial charge is 0.0795 e. The number of nitrogens with one attached hydrogen (secondary N) is 1. The van der Waals surface area contributed by atoms with Gasteiger partial charge in [0.1, 0.15) is 0 Å². The first-order chi connectivity index (χ1) is 10.3. The second kappa shape index (κ2) is 8.93. The van der Waals surface area contributed by atoms with Gasteiger partial charge in [0, 0.05) is 18.5 Å². The molecule has 1 aromatic heterocycles. The van der Waals surface area contributed by atoms with Crippen LogP contribution in [0.1, 0.15) is 30.2 Å². The lowest BCUT2D eigenvalue weighted by molar-refractivity contribution is 0.314. The van der Waals surface area contributed by atoms with Gasteiger partial charge in [0.05, 0.1) is 11.2 Å². The van der Waals surface area contributed by atoms with Crippen LogP contribution in [0, 0.1) is 0 Å². The van der Waals surface area contributed by atoms with Crippen molar-refractivity contribution in [2.75, 3.05) is 20.1 Å². The van der Waals surface area contributed by atoms with Crippen LogP contribution in [0.3, 0.4) is 0 Å². The standard InChI is InChI=1S/C17H25N3S/c1-3-9-18-10-8-15-6-4-5-7-16(15)11-20(2)12-17-13-21-14-19-17/h4-7,13-14,18H,3,8-12H2,1-2H3. The van der Waals surface area contributed by atoms with E-state index in [0.29, 0.717) is 0 Å². The molecule has 0 atom stereocenters. The summed E-state index contributed by atoms with van der Waals surface area (Å²) in [5.74, 6) is 0. The van der Waals surface area contributed by atoms with E-state index in [4.69, 9.17) is 0 Å². The fourth-order valence-corrected chi connectivity index (χ4v) is 2.97. The van der Waals surface area contributed by atoms with Crippen molar-refractivity contribution in [3.8, 4) is 0 Å². The van der Waals surface area contributed by atoms with Gasteiger partial charge >= 0.3 is 0 Å². The quantitative estimate of drug-likeness (QED) is 0.720. The Bertz CT molecular complexity index is 511. The van der Waals surface area contributed by atoms with Gasteiger partial charge in [0.25, 0.3) is 0 Å². The van der Waals surface area contributed by atoms with Crippen LogP contribution in [0.4, 0.5) is 0 Å². The zero-order valence-electron chi connectivity index (χ0n) is 13.0. The summed E-state index contributed by atoms with van der Waals surface area (Å²) in [4.78, 5) is 6.68. The lowest BCUT2D eigenvalue weighted by Gasteiger charge is -2.18. The van der Waals surface area contributed by atoms with Gasteiger partial charge < -0.3 is 5.32 Å². The Labute approximate surface area is 132 Å². The molecule has 0 radical (unpaired) electrons. The molecule has 1 aromatic carbocycles. The van der Waals surface area contributed by atoms with Gasteiger partial charge in [0.15, 0.2) is 0 Å². The monoisotopic (exact) mass is 303 g/mol. The Morgan fingerprint density at radius 1 is 1.14 bits per heavy atom. The highest BCUT2D eigenvalue weighted by molar-refractivity contribution is 7.07. The summed E-state index contributed by atoms with van der Waals surface area (Å²) in [7, 11) is 2.16. The third-order valence-electron chi connectivity index (χ3n) is 3.47. The van der Waals surface area contributed by atoms with E-state index in [9.17, 15) is 0 Å². The maximum atomic E-state index is 4.36. The van der Waals surface area contributed by atoms with E-state index in [-0.39, 0.29) is 0 Å². The molecular weight excluding hydrogens is 278 g/mol. The van der Waals surface area contributed by atoms with Crippen LogP contribution in [0.5, 0.6) is 0 Å². The summed E-state index contributed by atoms with van der Waals surface area (Å²) < 4.78 is 0. The van der Waals surface area contributed by atoms with Gasteiger partial charge in [-0.25, -0.2) is 4.98 Å². The predicted octanol–water partition coefficient (Wildman–Crippen LogP) is 3.32. The van der Waals surface area contributed by atoms with Crippen molar-refractivity contribution < 1.29 is 0 Å². The molecule has 0 amide bonds. The number of thiazole rings is 1. The second-order valence-corrected chi connectivity index (χ2v) is 6.14. The fraction of sp³-hybridized carbons (Fsp3) is 0.471. The van der Waals surface area contributed by atoms with E-state index in [1.165, 1.54) is 17.5 Å². The maximum Gasteiger partial charge on any atom is 0.0795 e. The average Bonchev–Trinajstić information content (AvgIpc) is 2.98. The summed E-state index contributed by atoms with van der Waals surface area (Å²) in [6, 6.07) is 8.76. The molecule has 0 bridgehead atoms. The molecule has 3 nitrogen and oxygen atoms in total. The second-order valence-electron chi connectivity index (χ2n) is 5.42. The molecule has 1 heterocycles. The summed E-state index contributed by atoms with van der Waals surface area (Å²) in [5, 5.41) is 5.60. The van der Waals surface area contributed by atoms with Crippen molar-refractivity contribution in [3.05, 3.63) is 52.0 Å². The molecule has 0 unspecified atom stereocenters. The number of nitrogens with zero attached hydrogens (tertiary/aromatic N) is 2. The molecule has 0 aliphatic carbocycles. The highest BCUT2D eigenvalue weighted by Crippen LogP contribution is 2.13. The van der Waals surface area contributed by atoms with Gasteiger partial charge in [-0.15, -0.1) is 11.3 Å². The maximum absolute atomic E-state index is 4.36. The molecule has 4 heteroatoms. The minimum absolute atomic E-state index is 0.909. The van der Waals surface area contributed by atoms with Gasteiger partial charge in [-0.1, -0.05) is 31.2 Å². The van der Waals surface area contributed by atoms with E-state index >= 15 is 0 Å². The molecule has 0 aliphatic rings. The van der Waals surface area contributed by atoms with Crippen LogP contribution in [0.25, 0.3) is 0 Å². The largest absolute Gasteiger partial charge is 0.316 e. The van der Waals surface area contributed by atoms with Crippen LogP contribution < -0.4 is 5.32 Å². The predicted molar refractivity (Wildman–Crippen MR) is 90.6 cm³/mol. The van der Waals surface area contributed by atoms with E-state index in [1.54, 1.807) is 11.3 Å². The lowest BCUT2D eigenvalue weighted by Crippen LogP contribution is -2.21. The molecular formula is C17H25N3S. The highest BCUT2D eigenvalue weighted by Gasteiger charge is 2.07. The Morgan fingerprint density at radius 3 is 2.67 bits per heavy atom. The Kier molecular flexibility index (Phi) is 6.86. The number of hydrogen-bond donors (Lipinski definition) is 1. The third kappa shape index (κ3) is 5.58. The van der Waals surface area contributed by atoms with Crippen molar-refractivity contribution in [2.45, 2.75) is 32.9 Å². The Morgan fingerprint density at radius 2 is 1.95 bits per heavy atom. The molecule has 0 saturated heterocycles. The number of hydrogen-bond acceptors (Lipinski definition) is 4. The highest BCUT2D eigenvalue weighted by atomic mass is 32.1. The van der Waals surface area contributed by atoms with Crippen LogP contribution in [-0.4, -0.2) is 30.0 Å². The first kappa shape index (κ1) is 16.1. The normalized spacial score (nSPS) is 11.2. The SMILES string of the molecule is CCCNCCc1ccccc1CN(C)Cc1cscn1. The van der Waals surface area contributed by atoms with Crippen molar-refractivity contribution >= 4 is 11.3 Å².